The minimum atomic E-state index is -3.89. The van der Waals surface area contributed by atoms with Crippen LogP contribution in [0.1, 0.15) is 15.9 Å². The number of fused-ring (bicyclic) bond motifs is 1. The van der Waals surface area contributed by atoms with Gasteiger partial charge in [0.2, 0.25) is 0 Å². The van der Waals surface area contributed by atoms with Gasteiger partial charge in [-0.3, -0.25) is 4.79 Å². The third-order valence-electron chi connectivity index (χ3n) is 3.59. The third kappa shape index (κ3) is 3.10. The number of carbonyl (C=O) groups is 1. The minimum absolute atomic E-state index is 0.0664. The maximum absolute atomic E-state index is 12.4. The Balaban J connectivity index is 1.96. The average Bonchev–Trinajstić information content (AvgIpc) is 2.54. The van der Waals surface area contributed by atoms with Crippen molar-refractivity contribution >= 4 is 26.7 Å². The second kappa shape index (κ2) is 5.85. The van der Waals surface area contributed by atoms with E-state index in [0.29, 0.717) is 10.9 Å². The van der Waals surface area contributed by atoms with Crippen LogP contribution in [-0.2, 0) is 10.0 Å². The molecule has 4 nitrogen and oxygen atoms in total. The fraction of sp³-hybridized carbons (Fsp3) is 0.0556. The smallest absolute Gasteiger partial charge is 0.265 e. The van der Waals surface area contributed by atoms with Crippen molar-refractivity contribution in [2.24, 2.45) is 0 Å². The molecule has 0 radical (unpaired) electrons. The second-order valence-corrected chi connectivity index (χ2v) is 6.96. The summed E-state index contributed by atoms with van der Waals surface area (Å²) in [4.78, 5) is 12.5. The van der Waals surface area contributed by atoms with Gasteiger partial charge in [0.25, 0.3) is 15.9 Å². The third-order valence-corrected chi connectivity index (χ3v) is 4.94. The predicted molar refractivity (Wildman–Crippen MR) is 89.8 cm³/mol. The second-order valence-electron chi connectivity index (χ2n) is 5.27. The van der Waals surface area contributed by atoms with Crippen molar-refractivity contribution in [3.05, 3.63) is 77.9 Å². The minimum Gasteiger partial charge on any atom is -0.268 e. The van der Waals surface area contributed by atoms with Crippen LogP contribution in [0.15, 0.2) is 71.6 Å². The van der Waals surface area contributed by atoms with E-state index in [1.165, 1.54) is 12.1 Å². The van der Waals surface area contributed by atoms with Crippen molar-refractivity contribution in [3.63, 3.8) is 0 Å². The van der Waals surface area contributed by atoms with Gasteiger partial charge in [0.15, 0.2) is 0 Å². The molecule has 0 saturated heterocycles. The monoisotopic (exact) mass is 325 g/mol. The molecule has 0 fully saturated rings. The Hall–Kier alpha value is -2.66. The van der Waals surface area contributed by atoms with Crippen LogP contribution in [0, 0.1) is 6.92 Å². The van der Waals surface area contributed by atoms with Gasteiger partial charge in [0.05, 0.1) is 4.90 Å². The lowest BCUT2D eigenvalue weighted by Crippen LogP contribution is -2.30. The molecule has 1 amide bonds. The molecule has 3 aromatic rings. The summed E-state index contributed by atoms with van der Waals surface area (Å²) in [7, 11) is -3.89. The lowest BCUT2D eigenvalue weighted by Gasteiger charge is -2.09. The fourth-order valence-corrected chi connectivity index (χ4v) is 3.34. The van der Waals surface area contributed by atoms with Crippen LogP contribution in [0.3, 0.4) is 0 Å². The maximum Gasteiger partial charge on any atom is 0.265 e. The Morgan fingerprint density at radius 2 is 1.52 bits per heavy atom. The van der Waals surface area contributed by atoms with Gasteiger partial charge in [0.1, 0.15) is 0 Å². The predicted octanol–water partition coefficient (Wildman–Crippen LogP) is 3.27. The van der Waals surface area contributed by atoms with E-state index in [4.69, 9.17) is 0 Å². The first-order valence-corrected chi connectivity index (χ1v) is 8.57. The number of carbonyl (C=O) groups excluding carboxylic acids is 1. The number of nitrogens with one attached hydrogen (secondary N) is 1. The molecule has 0 aliphatic carbocycles. The van der Waals surface area contributed by atoms with E-state index < -0.39 is 15.9 Å². The number of rotatable bonds is 3. The largest absolute Gasteiger partial charge is 0.268 e. The van der Waals surface area contributed by atoms with Gasteiger partial charge < -0.3 is 0 Å². The number of aryl methyl sites for hydroxylation is 1. The average molecular weight is 325 g/mol. The van der Waals surface area contributed by atoms with Crippen molar-refractivity contribution in [2.75, 3.05) is 0 Å². The highest BCUT2D eigenvalue weighted by atomic mass is 32.2. The topological polar surface area (TPSA) is 63.2 Å². The number of benzene rings is 3. The summed E-state index contributed by atoms with van der Waals surface area (Å²) in [6.07, 6.45) is 0. The zero-order valence-corrected chi connectivity index (χ0v) is 13.3. The summed E-state index contributed by atoms with van der Waals surface area (Å²) in [5.41, 5.74) is 1.28. The maximum atomic E-state index is 12.4. The molecule has 3 rings (SSSR count). The SMILES string of the molecule is Cc1ccc(S(=O)(=O)NC(=O)c2cccc3ccccc23)cc1. The Morgan fingerprint density at radius 3 is 2.26 bits per heavy atom. The standard InChI is InChI=1S/C18H15NO3S/c1-13-9-11-15(12-10-13)23(21,22)19-18(20)17-8-4-6-14-5-2-3-7-16(14)17/h2-12H,1H3,(H,19,20). The van der Waals surface area contributed by atoms with Crippen molar-refractivity contribution in [3.8, 4) is 0 Å². The lowest BCUT2D eigenvalue weighted by molar-refractivity contribution is 0.0983. The zero-order chi connectivity index (χ0) is 16.4. The molecule has 0 spiro atoms. The summed E-state index contributed by atoms with van der Waals surface area (Å²) in [6.45, 7) is 1.87. The Bertz CT molecular complexity index is 971. The van der Waals surface area contributed by atoms with Crippen LogP contribution in [0.2, 0.25) is 0 Å². The highest BCUT2D eigenvalue weighted by Gasteiger charge is 2.19. The normalized spacial score (nSPS) is 11.3. The molecule has 0 heterocycles. The van der Waals surface area contributed by atoms with Gasteiger partial charge in [0, 0.05) is 5.56 Å². The van der Waals surface area contributed by atoms with Crippen LogP contribution in [0.5, 0.6) is 0 Å². The van der Waals surface area contributed by atoms with E-state index in [-0.39, 0.29) is 4.90 Å². The van der Waals surface area contributed by atoms with Gasteiger partial charge in [-0.1, -0.05) is 54.1 Å². The highest BCUT2D eigenvalue weighted by molar-refractivity contribution is 7.90. The summed E-state index contributed by atoms with van der Waals surface area (Å²) >= 11 is 0. The first-order chi connectivity index (χ1) is 11.0. The van der Waals surface area contributed by atoms with E-state index >= 15 is 0 Å². The van der Waals surface area contributed by atoms with Gasteiger partial charge in [-0.2, -0.15) is 0 Å². The molecule has 116 valence electrons. The number of hydrogen-bond donors (Lipinski definition) is 1. The van der Waals surface area contributed by atoms with Crippen LogP contribution >= 0.6 is 0 Å². The van der Waals surface area contributed by atoms with Gasteiger partial charge in [-0.05, 0) is 35.9 Å². The van der Waals surface area contributed by atoms with Crippen LogP contribution in [0.25, 0.3) is 10.8 Å². The molecular weight excluding hydrogens is 310 g/mol. The number of amides is 1. The molecule has 0 atom stereocenters. The van der Waals surface area contributed by atoms with Gasteiger partial charge in [-0.25, -0.2) is 13.1 Å². The van der Waals surface area contributed by atoms with E-state index in [9.17, 15) is 13.2 Å². The quantitative estimate of drug-likeness (QED) is 0.804. The van der Waals surface area contributed by atoms with Crippen molar-refractivity contribution in [1.29, 1.82) is 0 Å². The van der Waals surface area contributed by atoms with E-state index in [0.717, 1.165) is 10.9 Å². The van der Waals surface area contributed by atoms with Gasteiger partial charge in [-0.15, -0.1) is 0 Å². The molecule has 23 heavy (non-hydrogen) atoms. The molecule has 5 heteroatoms. The molecule has 3 aromatic carbocycles. The molecule has 0 aliphatic heterocycles. The molecule has 1 N–H and O–H groups in total. The lowest BCUT2D eigenvalue weighted by atomic mass is 10.0. The molecule has 0 bridgehead atoms. The first-order valence-electron chi connectivity index (χ1n) is 7.09. The first kappa shape index (κ1) is 15.2. The summed E-state index contributed by atoms with van der Waals surface area (Å²) in [6, 6.07) is 18.9. The Kier molecular flexibility index (Phi) is 3.88. The Labute approximate surface area is 134 Å². The van der Waals surface area contributed by atoms with E-state index in [1.54, 1.807) is 30.3 Å². The number of hydrogen-bond acceptors (Lipinski definition) is 3. The van der Waals surface area contributed by atoms with E-state index in [1.807, 2.05) is 31.2 Å². The van der Waals surface area contributed by atoms with Gasteiger partial charge >= 0.3 is 0 Å². The van der Waals surface area contributed by atoms with E-state index in [2.05, 4.69) is 4.72 Å². The summed E-state index contributed by atoms with van der Waals surface area (Å²) in [5, 5.41) is 1.60. The van der Waals surface area contributed by atoms with Crippen molar-refractivity contribution < 1.29 is 13.2 Å². The van der Waals surface area contributed by atoms with Crippen LogP contribution < -0.4 is 4.72 Å². The molecule has 0 aliphatic rings. The van der Waals surface area contributed by atoms with Crippen LogP contribution in [0.4, 0.5) is 0 Å². The Morgan fingerprint density at radius 1 is 0.870 bits per heavy atom. The summed E-state index contributed by atoms with van der Waals surface area (Å²) in [5.74, 6) is -0.637. The molecule has 0 unspecified atom stereocenters. The fourth-order valence-electron chi connectivity index (χ4n) is 2.38. The molecular formula is C18H15NO3S. The summed E-state index contributed by atoms with van der Waals surface area (Å²) < 4.78 is 26.8. The zero-order valence-electron chi connectivity index (χ0n) is 12.5. The number of sulfonamides is 1. The molecule has 0 saturated carbocycles. The van der Waals surface area contributed by atoms with Crippen molar-refractivity contribution in [2.45, 2.75) is 11.8 Å². The highest BCUT2D eigenvalue weighted by Crippen LogP contribution is 2.19. The molecule has 0 aromatic heterocycles. The van der Waals surface area contributed by atoms with Crippen LogP contribution in [-0.4, -0.2) is 14.3 Å². The van der Waals surface area contributed by atoms with Crippen molar-refractivity contribution in [1.82, 2.24) is 4.72 Å².